The maximum atomic E-state index is 13.1. The molecule has 0 radical (unpaired) electrons. The van der Waals surface area contributed by atoms with Crippen LogP contribution in [-0.4, -0.2) is 59.7 Å². The van der Waals surface area contributed by atoms with Crippen LogP contribution in [0.5, 0.6) is 0 Å². The van der Waals surface area contributed by atoms with Crippen LogP contribution in [-0.2, 0) is 27.7 Å². The van der Waals surface area contributed by atoms with Crippen molar-refractivity contribution in [1.29, 1.82) is 0 Å². The van der Waals surface area contributed by atoms with E-state index < -0.39 is 10.0 Å². The molecule has 1 amide bonds. The van der Waals surface area contributed by atoms with E-state index in [2.05, 4.69) is 9.97 Å². The highest BCUT2D eigenvalue weighted by Crippen LogP contribution is 2.23. The molecular formula is C23H26N4O3S2. The van der Waals surface area contributed by atoms with Crippen LogP contribution >= 0.6 is 11.3 Å². The first-order valence-corrected chi connectivity index (χ1v) is 12.8. The van der Waals surface area contributed by atoms with Gasteiger partial charge in [-0.25, -0.2) is 13.4 Å². The van der Waals surface area contributed by atoms with Crippen LogP contribution in [0.2, 0.25) is 0 Å². The molecule has 0 spiro atoms. The molecule has 2 aromatic heterocycles. The zero-order valence-electron chi connectivity index (χ0n) is 18.2. The minimum absolute atomic E-state index is 0.0246. The van der Waals surface area contributed by atoms with Crippen LogP contribution in [0, 0.1) is 13.8 Å². The van der Waals surface area contributed by atoms with Crippen LogP contribution in [0.15, 0.2) is 52.9 Å². The molecule has 9 heteroatoms. The molecular weight excluding hydrogens is 444 g/mol. The van der Waals surface area contributed by atoms with Crippen LogP contribution in [0.3, 0.4) is 0 Å². The fourth-order valence-electron chi connectivity index (χ4n) is 3.74. The highest BCUT2D eigenvalue weighted by molar-refractivity contribution is 7.89. The molecule has 1 aromatic carbocycles. The van der Waals surface area contributed by atoms with E-state index in [0.717, 1.165) is 27.5 Å². The lowest BCUT2D eigenvalue weighted by atomic mass is 10.2. The van der Waals surface area contributed by atoms with Crippen molar-refractivity contribution >= 4 is 27.3 Å². The zero-order chi connectivity index (χ0) is 22.7. The molecule has 3 aromatic rings. The maximum Gasteiger partial charge on any atom is 0.243 e. The summed E-state index contributed by atoms with van der Waals surface area (Å²) in [6, 6.07) is 11.2. The van der Waals surface area contributed by atoms with E-state index in [4.69, 9.17) is 0 Å². The number of benzene rings is 1. The third kappa shape index (κ3) is 5.06. The van der Waals surface area contributed by atoms with Crippen LogP contribution in [0.25, 0.3) is 0 Å². The summed E-state index contributed by atoms with van der Waals surface area (Å²) in [5.74, 6) is -0.0246. The fraction of sp³-hybridized carbons (Fsp3) is 0.348. The van der Waals surface area contributed by atoms with Gasteiger partial charge in [-0.1, -0.05) is 18.2 Å². The second-order valence-corrected chi connectivity index (χ2v) is 10.8. The van der Waals surface area contributed by atoms with E-state index in [0.29, 0.717) is 37.5 Å². The Morgan fingerprint density at radius 3 is 2.56 bits per heavy atom. The van der Waals surface area contributed by atoms with Crippen molar-refractivity contribution in [3.63, 3.8) is 0 Å². The summed E-state index contributed by atoms with van der Waals surface area (Å²) in [6.45, 7) is 5.05. The number of rotatable bonds is 6. The van der Waals surface area contributed by atoms with Gasteiger partial charge in [-0.15, -0.1) is 11.3 Å². The van der Waals surface area contributed by atoms with Gasteiger partial charge in [0.25, 0.3) is 0 Å². The van der Waals surface area contributed by atoms with Gasteiger partial charge in [0.2, 0.25) is 15.9 Å². The van der Waals surface area contributed by atoms with Crippen LogP contribution < -0.4 is 0 Å². The summed E-state index contributed by atoms with van der Waals surface area (Å²) < 4.78 is 27.7. The molecule has 32 heavy (non-hydrogen) atoms. The second kappa shape index (κ2) is 9.48. The molecule has 1 fully saturated rings. The van der Waals surface area contributed by atoms with Gasteiger partial charge in [-0.05, 0) is 43.2 Å². The second-order valence-electron chi connectivity index (χ2n) is 7.96. The van der Waals surface area contributed by atoms with Crippen molar-refractivity contribution in [3.05, 3.63) is 75.5 Å². The number of carbonyl (C=O) groups excluding carboxylic acids is 1. The number of sulfonamides is 1. The quantitative estimate of drug-likeness (QED) is 0.553. The fourth-order valence-corrected chi connectivity index (χ4v) is 6.28. The van der Waals surface area contributed by atoms with Crippen LogP contribution in [0.1, 0.15) is 27.5 Å². The largest absolute Gasteiger partial charge is 0.340 e. The standard InChI is InChI=1S/C23H26N4O3S2/c1-17-6-7-18(2)21(13-17)32(29,30)27-11-9-26(10-12-27)23(28)15-20-16-31-22(25-20)14-19-5-3-4-8-24-19/h3-8,13,16H,9-12,14-15H2,1-2H3. The third-order valence-electron chi connectivity index (χ3n) is 5.54. The number of amides is 1. The molecule has 0 aliphatic carbocycles. The van der Waals surface area contributed by atoms with Crippen LogP contribution in [0.4, 0.5) is 0 Å². The molecule has 3 heterocycles. The molecule has 1 saturated heterocycles. The summed E-state index contributed by atoms with van der Waals surface area (Å²) in [5.41, 5.74) is 3.34. The van der Waals surface area contributed by atoms with Gasteiger partial charge in [0, 0.05) is 49.9 Å². The van der Waals surface area contributed by atoms with Gasteiger partial charge >= 0.3 is 0 Å². The van der Waals surface area contributed by atoms with Gasteiger partial charge in [-0.3, -0.25) is 9.78 Å². The average molecular weight is 471 g/mol. The number of aryl methyl sites for hydroxylation is 2. The highest BCUT2D eigenvalue weighted by Gasteiger charge is 2.31. The SMILES string of the molecule is Cc1ccc(C)c(S(=O)(=O)N2CCN(C(=O)Cc3csc(Cc4ccccn4)n3)CC2)c1. The Balaban J connectivity index is 1.34. The van der Waals surface area contributed by atoms with Crippen molar-refractivity contribution in [2.45, 2.75) is 31.6 Å². The zero-order valence-corrected chi connectivity index (χ0v) is 19.8. The molecule has 0 bridgehead atoms. The first-order valence-electron chi connectivity index (χ1n) is 10.5. The third-order valence-corrected chi connectivity index (χ3v) is 8.48. The Hall–Kier alpha value is -2.62. The normalized spacial score (nSPS) is 15.1. The molecule has 168 valence electrons. The molecule has 7 nitrogen and oxygen atoms in total. The smallest absolute Gasteiger partial charge is 0.243 e. The van der Waals surface area contributed by atoms with E-state index in [-0.39, 0.29) is 12.3 Å². The van der Waals surface area contributed by atoms with Gasteiger partial charge < -0.3 is 4.90 Å². The molecule has 0 saturated carbocycles. The monoisotopic (exact) mass is 470 g/mol. The first kappa shape index (κ1) is 22.6. The summed E-state index contributed by atoms with van der Waals surface area (Å²) in [5, 5.41) is 2.84. The Morgan fingerprint density at radius 2 is 1.84 bits per heavy atom. The number of pyridine rings is 1. The highest BCUT2D eigenvalue weighted by atomic mass is 32.2. The number of carbonyl (C=O) groups is 1. The lowest BCUT2D eigenvalue weighted by molar-refractivity contribution is -0.131. The summed E-state index contributed by atoms with van der Waals surface area (Å²) in [7, 11) is -3.57. The van der Waals surface area contributed by atoms with E-state index in [1.807, 2.05) is 49.6 Å². The number of nitrogens with zero attached hydrogens (tertiary/aromatic N) is 4. The van der Waals surface area contributed by atoms with Crippen molar-refractivity contribution in [1.82, 2.24) is 19.2 Å². The molecule has 0 N–H and O–H groups in total. The summed E-state index contributed by atoms with van der Waals surface area (Å²) in [6.07, 6.45) is 2.63. The molecule has 0 unspecified atom stereocenters. The Labute approximate surface area is 192 Å². The minimum atomic E-state index is -3.57. The molecule has 0 atom stereocenters. The Kier molecular flexibility index (Phi) is 6.68. The summed E-state index contributed by atoms with van der Waals surface area (Å²) in [4.78, 5) is 23.7. The Bertz CT molecular complexity index is 1200. The van der Waals surface area contributed by atoms with Gasteiger partial charge in [-0.2, -0.15) is 4.31 Å². The average Bonchev–Trinajstić information content (AvgIpc) is 3.22. The van der Waals surface area contributed by atoms with Crippen molar-refractivity contribution < 1.29 is 13.2 Å². The van der Waals surface area contributed by atoms with E-state index >= 15 is 0 Å². The lowest BCUT2D eigenvalue weighted by Gasteiger charge is -2.34. The maximum absolute atomic E-state index is 13.1. The van der Waals surface area contributed by atoms with Gasteiger partial charge in [0.1, 0.15) is 0 Å². The predicted molar refractivity (Wildman–Crippen MR) is 124 cm³/mol. The number of aromatic nitrogens is 2. The first-order chi connectivity index (χ1) is 15.3. The van der Waals surface area contributed by atoms with Crippen molar-refractivity contribution in [2.75, 3.05) is 26.2 Å². The number of hydrogen-bond acceptors (Lipinski definition) is 6. The Morgan fingerprint density at radius 1 is 1.06 bits per heavy atom. The van der Waals surface area contributed by atoms with E-state index in [1.54, 1.807) is 17.2 Å². The van der Waals surface area contributed by atoms with Crippen molar-refractivity contribution in [3.8, 4) is 0 Å². The number of hydrogen-bond donors (Lipinski definition) is 0. The number of piperazine rings is 1. The topological polar surface area (TPSA) is 83.5 Å². The lowest BCUT2D eigenvalue weighted by Crippen LogP contribution is -2.51. The van der Waals surface area contributed by atoms with E-state index in [1.165, 1.54) is 15.6 Å². The minimum Gasteiger partial charge on any atom is -0.340 e. The predicted octanol–water partition coefficient (Wildman–Crippen LogP) is 2.82. The summed E-state index contributed by atoms with van der Waals surface area (Å²) >= 11 is 1.53. The van der Waals surface area contributed by atoms with Gasteiger partial charge in [0.05, 0.1) is 22.0 Å². The molecule has 1 aliphatic rings. The van der Waals surface area contributed by atoms with E-state index in [9.17, 15) is 13.2 Å². The molecule has 1 aliphatic heterocycles. The van der Waals surface area contributed by atoms with Crippen molar-refractivity contribution in [2.24, 2.45) is 0 Å². The number of thiazole rings is 1. The van der Waals surface area contributed by atoms with Gasteiger partial charge in [0.15, 0.2) is 0 Å². The molecule has 4 rings (SSSR count).